The highest BCUT2D eigenvalue weighted by molar-refractivity contribution is 7.79. The van der Waals surface area contributed by atoms with E-state index < -0.39 is 0 Å². The van der Waals surface area contributed by atoms with Gasteiger partial charge >= 0.3 is 0 Å². The molecule has 0 amide bonds. The molecule has 0 aliphatic heterocycles. The maximum Gasteiger partial charge on any atom is 0.00861 e. The second kappa shape index (κ2) is 4.70. The van der Waals surface area contributed by atoms with E-state index in [1.165, 1.54) is 37.7 Å². The van der Waals surface area contributed by atoms with Gasteiger partial charge in [0.1, 0.15) is 0 Å². The maximum absolute atomic E-state index is 4.89. The highest BCUT2D eigenvalue weighted by Gasteiger charge is 2.14. The first-order valence-corrected chi connectivity index (χ1v) is 5.92. The van der Waals surface area contributed by atoms with Gasteiger partial charge in [0.05, 0.1) is 0 Å². The largest absolute Gasteiger partial charge is 0.0881 e. The lowest BCUT2D eigenvalue weighted by atomic mass is 9.84. The Morgan fingerprint density at radius 2 is 1.64 bits per heavy atom. The fourth-order valence-electron chi connectivity index (χ4n) is 2.28. The molecule has 1 aromatic carbocycles. The number of hydrogen-bond acceptors (Lipinski definition) is 1. The van der Waals surface area contributed by atoms with Crippen LogP contribution >= 0.6 is 12.2 Å². The van der Waals surface area contributed by atoms with E-state index in [2.05, 4.69) is 24.3 Å². The minimum Gasteiger partial charge on any atom is -0.0881 e. The van der Waals surface area contributed by atoms with Crippen LogP contribution in [0.1, 0.15) is 49.1 Å². The van der Waals surface area contributed by atoms with Crippen molar-refractivity contribution in [2.75, 3.05) is 0 Å². The average molecular weight is 204 g/mol. The van der Waals surface area contributed by atoms with Crippen molar-refractivity contribution < 1.29 is 0 Å². The molecule has 0 radical (unpaired) electrons. The van der Waals surface area contributed by atoms with Gasteiger partial charge in [-0.1, -0.05) is 55.7 Å². The number of rotatable bonds is 2. The van der Waals surface area contributed by atoms with Gasteiger partial charge in [-0.05, 0) is 29.9 Å². The quantitative estimate of drug-likeness (QED) is 0.654. The number of thiocarbonyl (C=S) groups is 1. The number of hydrogen-bond donors (Lipinski definition) is 0. The summed E-state index contributed by atoms with van der Waals surface area (Å²) in [5.74, 6) is 0.808. The number of benzene rings is 1. The molecule has 0 atom stereocenters. The molecule has 0 unspecified atom stereocenters. The Labute approximate surface area is 91.3 Å². The zero-order valence-electron chi connectivity index (χ0n) is 8.41. The molecule has 0 bridgehead atoms. The molecular formula is C13H16S. The van der Waals surface area contributed by atoms with E-state index >= 15 is 0 Å². The molecule has 2 rings (SSSR count). The highest BCUT2D eigenvalue weighted by Crippen LogP contribution is 2.32. The predicted octanol–water partition coefficient (Wildman–Crippen LogP) is 4.08. The molecule has 1 saturated carbocycles. The SMILES string of the molecule is S=Cc1ccc(C2CCCCC2)cc1. The summed E-state index contributed by atoms with van der Waals surface area (Å²) >= 11 is 4.89. The van der Waals surface area contributed by atoms with E-state index in [1.807, 2.05) is 0 Å². The Kier molecular flexibility index (Phi) is 3.30. The summed E-state index contributed by atoms with van der Waals surface area (Å²) in [7, 11) is 0. The molecule has 0 spiro atoms. The summed E-state index contributed by atoms with van der Waals surface area (Å²) in [5.41, 5.74) is 2.66. The van der Waals surface area contributed by atoms with E-state index in [-0.39, 0.29) is 0 Å². The first kappa shape index (κ1) is 9.85. The first-order chi connectivity index (χ1) is 6.90. The molecular weight excluding hydrogens is 188 g/mol. The van der Waals surface area contributed by atoms with Crippen LogP contribution in [-0.4, -0.2) is 5.37 Å². The molecule has 14 heavy (non-hydrogen) atoms. The fourth-order valence-corrected chi connectivity index (χ4v) is 2.44. The Morgan fingerprint density at radius 3 is 2.21 bits per heavy atom. The van der Waals surface area contributed by atoms with Crippen molar-refractivity contribution in [1.29, 1.82) is 0 Å². The third-order valence-electron chi connectivity index (χ3n) is 3.15. The van der Waals surface area contributed by atoms with Crippen LogP contribution in [-0.2, 0) is 0 Å². The molecule has 0 saturated heterocycles. The second-order valence-corrected chi connectivity index (χ2v) is 4.36. The summed E-state index contributed by atoms with van der Waals surface area (Å²) in [6, 6.07) is 8.76. The lowest BCUT2D eigenvalue weighted by Crippen LogP contribution is -2.04. The van der Waals surface area contributed by atoms with Crippen LogP contribution in [0.2, 0.25) is 0 Å². The molecule has 0 nitrogen and oxygen atoms in total. The summed E-state index contributed by atoms with van der Waals surface area (Å²) in [4.78, 5) is 0. The Hall–Kier alpha value is -0.690. The van der Waals surface area contributed by atoms with E-state index in [9.17, 15) is 0 Å². The summed E-state index contributed by atoms with van der Waals surface area (Å²) in [6.45, 7) is 0. The second-order valence-electron chi connectivity index (χ2n) is 4.12. The van der Waals surface area contributed by atoms with Crippen LogP contribution in [0.3, 0.4) is 0 Å². The Balaban J connectivity index is 2.11. The normalized spacial score (nSPS) is 18.0. The summed E-state index contributed by atoms with van der Waals surface area (Å²) < 4.78 is 0. The summed E-state index contributed by atoms with van der Waals surface area (Å²) in [5, 5.41) is 1.74. The van der Waals surface area contributed by atoms with Crippen LogP contribution in [0.4, 0.5) is 0 Å². The van der Waals surface area contributed by atoms with Crippen molar-refractivity contribution in [3.05, 3.63) is 35.4 Å². The topological polar surface area (TPSA) is 0 Å². The fraction of sp³-hybridized carbons (Fsp3) is 0.462. The van der Waals surface area contributed by atoms with Gasteiger partial charge in [-0.25, -0.2) is 0 Å². The van der Waals surface area contributed by atoms with E-state index in [0.717, 1.165) is 11.5 Å². The standard InChI is InChI=1S/C13H16S/c14-10-11-6-8-13(9-7-11)12-4-2-1-3-5-12/h6-10,12H,1-5H2. The minimum absolute atomic E-state index is 0.808. The van der Waals surface area contributed by atoms with E-state index in [1.54, 1.807) is 5.37 Å². The molecule has 1 aliphatic rings. The van der Waals surface area contributed by atoms with Gasteiger partial charge in [-0.15, -0.1) is 0 Å². The Morgan fingerprint density at radius 1 is 1.00 bits per heavy atom. The smallest absolute Gasteiger partial charge is 0.00861 e. The van der Waals surface area contributed by atoms with Gasteiger partial charge in [0.2, 0.25) is 0 Å². The van der Waals surface area contributed by atoms with Crippen LogP contribution in [0, 0.1) is 0 Å². The van der Waals surface area contributed by atoms with Crippen molar-refractivity contribution >= 4 is 17.6 Å². The van der Waals surface area contributed by atoms with Crippen LogP contribution in [0.25, 0.3) is 0 Å². The van der Waals surface area contributed by atoms with Crippen molar-refractivity contribution in [2.45, 2.75) is 38.0 Å². The zero-order chi connectivity index (χ0) is 9.80. The molecule has 1 fully saturated rings. The molecule has 1 aliphatic carbocycles. The molecule has 1 aromatic rings. The molecule has 0 heterocycles. The third-order valence-corrected chi connectivity index (χ3v) is 3.42. The van der Waals surface area contributed by atoms with Gasteiger partial charge < -0.3 is 0 Å². The first-order valence-electron chi connectivity index (χ1n) is 5.45. The van der Waals surface area contributed by atoms with Crippen LogP contribution in [0.5, 0.6) is 0 Å². The Bertz CT molecular complexity index is 294. The van der Waals surface area contributed by atoms with Crippen molar-refractivity contribution in [3.8, 4) is 0 Å². The van der Waals surface area contributed by atoms with Crippen LogP contribution < -0.4 is 0 Å². The minimum atomic E-state index is 0.808. The van der Waals surface area contributed by atoms with Crippen molar-refractivity contribution in [1.82, 2.24) is 0 Å². The monoisotopic (exact) mass is 204 g/mol. The maximum atomic E-state index is 4.89. The van der Waals surface area contributed by atoms with Crippen LogP contribution in [0.15, 0.2) is 24.3 Å². The zero-order valence-corrected chi connectivity index (χ0v) is 9.22. The van der Waals surface area contributed by atoms with Gasteiger partial charge in [0, 0.05) is 5.37 Å². The molecule has 1 heteroatoms. The van der Waals surface area contributed by atoms with Crippen molar-refractivity contribution in [2.24, 2.45) is 0 Å². The molecule has 0 aromatic heterocycles. The predicted molar refractivity (Wildman–Crippen MR) is 65.0 cm³/mol. The van der Waals surface area contributed by atoms with Gasteiger partial charge in [-0.2, -0.15) is 0 Å². The molecule has 0 N–H and O–H groups in total. The van der Waals surface area contributed by atoms with Gasteiger partial charge in [-0.3, -0.25) is 0 Å². The van der Waals surface area contributed by atoms with E-state index in [4.69, 9.17) is 12.2 Å². The molecule has 74 valence electrons. The van der Waals surface area contributed by atoms with E-state index in [0.29, 0.717) is 0 Å². The third kappa shape index (κ3) is 2.21. The van der Waals surface area contributed by atoms with Gasteiger partial charge in [0.25, 0.3) is 0 Å². The highest BCUT2D eigenvalue weighted by atomic mass is 32.1. The lowest BCUT2D eigenvalue weighted by molar-refractivity contribution is 0.443. The lowest BCUT2D eigenvalue weighted by Gasteiger charge is -2.21. The summed E-state index contributed by atoms with van der Waals surface area (Å²) in [6.07, 6.45) is 6.97. The average Bonchev–Trinajstić information content (AvgIpc) is 2.30. The van der Waals surface area contributed by atoms with Crippen molar-refractivity contribution in [3.63, 3.8) is 0 Å². The van der Waals surface area contributed by atoms with Gasteiger partial charge in [0.15, 0.2) is 0 Å².